The Morgan fingerprint density at radius 3 is 2.53 bits per heavy atom. The second-order valence-corrected chi connectivity index (χ2v) is 10.6. The van der Waals surface area contributed by atoms with Crippen molar-refractivity contribution in [3.8, 4) is 0 Å². The quantitative estimate of drug-likeness (QED) is 0.745. The van der Waals surface area contributed by atoms with Gasteiger partial charge < -0.3 is 14.8 Å². The van der Waals surface area contributed by atoms with E-state index in [1.165, 1.54) is 0 Å². The summed E-state index contributed by atoms with van der Waals surface area (Å²) in [4.78, 5) is 30.6. The highest BCUT2D eigenvalue weighted by molar-refractivity contribution is 6.01. The molecular weight excluding hydrogens is 380 g/mol. The van der Waals surface area contributed by atoms with Crippen molar-refractivity contribution in [3.05, 3.63) is 35.9 Å². The summed E-state index contributed by atoms with van der Waals surface area (Å²) in [5.41, 5.74) is 1.05. The fourth-order valence-electron chi connectivity index (χ4n) is 5.42. The first-order valence-electron chi connectivity index (χ1n) is 10.8. The van der Waals surface area contributed by atoms with Crippen molar-refractivity contribution >= 4 is 17.8 Å². The first-order valence-corrected chi connectivity index (χ1v) is 10.8. The topological polar surface area (TPSA) is 77.0 Å². The van der Waals surface area contributed by atoms with Crippen LogP contribution in [0.1, 0.15) is 66.0 Å². The van der Waals surface area contributed by atoms with E-state index < -0.39 is 29.7 Å². The van der Waals surface area contributed by atoms with Gasteiger partial charge in [0.25, 0.3) is 0 Å². The molecule has 0 radical (unpaired) electrons. The van der Waals surface area contributed by atoms with Crippen LogP contribution in [-0.4, -0.2) is 35.5 Å². The van der Waals surface area contributed by atoms with Gasteiger partial charge in [0.1, 0.15) is 11.7 Å². The van der Waals surface area contributed by atoms with E-state index in [0.717, 1.165) is 24.1 Å². The lowest BCUT2D eigenvalue weighted by Crippen LogP contribution is -2.50. The molecule has 0 saturated heterocycles. The number of ether oxygens (including phenoxy) is 2. The number of hydrogen-bond acceptors (Lipinski definition) is 5. The summed E-state index contributed by atoms with van der Waals surface area (Å²) in [5.74, 6) is -0.0979. The summed E-state index contributed by atoms with van der Waals surface area (Å²) < 4.78 is 11.5. The van der Waals surface area contributed by atoms with E-state index in [2.05, 4.69) is 26.1 Å². The van der Waals surface area contributed by atoms with Crippen molar-refractivity contribution in [3.63, 3.8) is 0 Å². The maximum absolute atomic E-state index is 13.1. The van der Waals surface area contributed by atoms with Gasteiger partial charge in [-0.25, -0.2) is 9.59 Å². The van der Waals surface area contributed by atoms with Crippen molar-refractivity contribution in [1.82, 2.24) is 5.32 Å². The average Bonchev–Trinajstić information content (AvgIpc) is 2.97. The molecule has 1 N–H and O–H groups in total. The lowest BCUT2D eigenvalue weighted by atomic mass is 9.70. The predicted molar refractivity (Wildman–Crippen MR) is 114 cm³/mol. The van der Waals surface area contributed by atoms with E-state index in [1.54, 1.807) is 0 Å². The fraction of sp³-hybridized carbons (Fsp3) is 0.625. The Bertz CT molecular complexity index is 886. The van der Waals surface area contributed by atoms with Gasteiger partial charge in [0.05, 0.1) is 11.8 Å². The Morgan fingerprint density at radius 2 is 1.90 bits per heavy atom. The molecule has 4 rings (SSSR count). The molecule has 1 unspecified atom stereocenters. The van der Waals surface area contributed by atoms with Gasteiger partial charge in [0, 0.05) is 11.3 Å². The van der Waals surface area contributed by atoms with Gasteiger partial charge in [-0.15, -0.1) is 0 Å². The molecule has 1 heterocycles. The van der Waals surface area contributed by atoms with Crippen LogP contribution in [0.25, 0.3) is 0 Å². The zero-order valence-corrected chi connectivity index (χ0v) is 18.7. The summed E-state index contributed by atoms with van der Waals surface area (Å²) in [6.07, 6.45) is 1.24. The molecule has 30 heavy (non-hydrogen) atoms. The SMILES string of the molecule is CC(C)(C)OC(=O)N[C@@H](c1ccccc1)[C@H]1N=C2C(OC1=O)[C@]1(C)CC[C@H]2C1(C)C. The molecule has 5 atom stereocenters. The second kappa shape index (κ2) is 6.82. The van der Waals surface area contributed by atoms with Crippen molar-refractivity contribution in [2.45, 2.75) is 78.2 Å². The first kappa shape index (κ1) is 20.9. The number of esters is 1. The number of fused-ring (bicyclic) bond motifs is 5. The largest absolute Gasteiger partial charge is 0.454 e. The van der Waals surface area contributed by atoms with Gasteiger partial charge in [-0.3, -0.25) is 4.99 Å². The number of nitrogens with zero attached hydrogens (tertiary/aromatic N) is 1. The highest BCUT2D eigenvalue weighted by atomic mass is 16.6. The van der Waals surface area contributed by atoms with E-state index in [4.69, 9.17) is 14.5 Å². The van der Waals surface area contributed by atoms with Crippen LogP contribution < -0.4 is 5.32 Å². The lowest BCUT2D eigenvalue weighted by molar-refractivity contribution is -0.156. The average molecular weight is 413 g/mol. The third-order valence-electron chi connectivity index (χ3n) is 7.41. The second-order valence-electron chi connectivity index (χ2n) is 10.6. The van der Waals surface area contributed by atoms with Crippen LogP contribution >= 0.6 is 0 Å². The molecule has 2 bridgehead atoms. The number of aliphatic imine (C=N–C) groups is 1. The minimum Gasteiger partial charge on any atom is -0.454 e. The van der Waals surface area contributed by atoms with Crippen molar-refractivity contribution in [2.24, 2.45) is 21.7 Å². The summed E-state index contributed by atoms with van der Waals surface area (Å²) in [7, 11) is 0. The van der Waals surface area contributed by atoms with Crippen LogP contribution in [-0.2, 0) is 14.3 Å². The number of alkyl carbamates (subject to hydrolysis) is 1. The number of rotatable bonds is 3. The number of nitrogens with one attached hydrogen (secondary N) is 1. The Labute approximate surface area is 178 Å². The normalized spacial score (nSPS) is 32.7. The van der Waals surface area contributed by atoms with Crippen molar-refractivity contribution in [1.29, 1.82) is 0 Å². The number of benzene rings is 1. The van der Waals surface area contributed by atoms with Crippen LogP contribution in [0.15, 0.2) is 35.3 Å². The maximum atomic E-state index is 13.1. The van der Waals surface area contributed by atoms with E-state index >= 15 is 0 Å². The first-order chi connectivity index (χ1) is 13.9. The number of hydrogen-bond donors (Lipinski definition) is 1. The summed E-state index contributed by atoms with van der Waals surface area (Å²) in [5, 5.41) is 2.88. The molecule has 1 aromatic rings. The third-order valence-corrected chi connectivity index (χ3v) is 7.41. The predicted octanol–water partition coefficient (Wildman–Crippen LogP) is 4.44. The van der Waals surface area contributed by atoms with Gasteiger partial charge in [0.15, 0.2) is 6.04 Å². The fourth-order valence-corrected chi connectivity index (χ4v) is 5.42. The number of carbonyl (C=O) groups excluding carboxylic acids is 2. The smallest absolute Gasteiger partial charge is 0.408 e. The van der Waals surface area contributed by atoms with Crippen LogP contribution in [0.4, 0.5) is 4.79 Å². The zero-order valence-electron chi connectivity index (χ0n) is 18.7. The molecule has 1 aromatic carbocycles. The molecule has 0 spiro atoms. The summed E-state index contributed by atoms with van der Waals surface area (Å²) in [6.45, 7) is 12.1. The Morgan fingerprint density at radius 1 is 1.23 bits per heavy atom. The number of carbonyl (C=O) groups is 2. The maximum Gasteiger partial charge on any atom is 0.408 e. The van der Waals surface area contributed by atoms with Crippen LogP contribution in [0.3, 0.4) is 0 Å². The van der Waals surface area contributed by atoms with Gasteiger partial charge >= 0.3 is 12.1 Å². The summed E-state index contributed by atoms with van der Waals surface area (Å²) >= 11 is 0. The molecule has 0 aromatic heterocycles. The monoisotopic (exact) mass is 412 g/mol. The zero-order chi connectivity index (χ0) is 21.9. The lowest BCUT2D eigenvalue weighted by Gasteiger charge is -2.40. The molecule has 6 heteroatoms. The number of amides is 1. The van der Waals surface area contributed by atoms with Gasteiger partial charge in [0.2, 0.25) is 0 Å². The molecule has 6 nitrogen and oxygen atoms in total. The molecule has 3 aliphatic rings. The van der Waals surface area contributed by atoms with Crippen molar-refractivity contribution in [2.75, 3.05) is 0 Å². The van der Waals surface area contributed by atoms with E-state index in [1.807, 2.05) is 51.1 Å². The van der Waals surface area contributed by atoms with Crippen molar-refractivity contribution < 1.29 is 19.1 Å². The molecule has 2 fully saturated rings. The molecule has 2 saturated carbocycles. The molecule has 1 amide bonds. The minimum atomic E-state index is -0.829. The molecular formula is C24H32N2O4. The minimum absolute atomic E-state index is 0.0203. The van der Waals surface area contributed by atoms with Crippen LogP contribution in [0.2, 0.25) is 0 Å². The van der Waals surface area contributed by atoms with E-state index in [0.29, 0.717) is 5.92 Å². The van der Waals surface area contributed by atoms with E-state index in [9.17, 15) is 9.59 Å². The van der Waals surface area contributed by atoms with E-state index in [-0.39, 0.29) is 16.9 Å². The highest BCUT2D eigenvalue weighted by Crippen LogP contribution is 2.65. The molecule has 162 valence electrons. The van der Waals surface area contributed by atoms with Crippen LogP contribution in [0.5, 0.6) is 0 Å². The van der Waals surface area contributed by atoms with Gasteiger partial charge in [-0.1, -0.05) is 51.1 Å². The third kappa shape index (κ3) is 3.21. The Hall–Kier alpha value is -2.37. The Kier molecular flexibility index (Phi) is 4.75. The van der Waals surface area contributed by atoms with Crippen LogP contribution in [0, 0.1) is 16.7 Å². The molecule has 2 aliphatic carbocycles. The van der Waals surface area contributed by atoms with Gasteiger partial charge in [-0.05, 0) is 44.6 Å². The summed E-state index contributed by atoms with van der Waals surface area (Å²) in [6, 6.07) is 7.94. The van der Waals surface area contributed by atoms with Gasteiger partial charge in [-0.2, -0.15) is 0 Å². The molecule has 1 aliphatic heterocycles. The Balaban J connectivity index is 1.69. The highest BCUT2D eigenvalue weighted by Gasteiger charge is 2.68. The standard InChI is InChI=1S/C24H32N2O4/c1-22(2,3)30-21(28)26-16(14-10-8-7-9-11-14)18-20(27)29-19-17(25-18)15-12-13-24(19,6)23(15,4)5/h7-11,15-16,18-19H,12-13H2,1-6H3,(H,26,28)/t15-,16+,18-,19?,24+/m1/s1.